The Bertz CT molecular complexity index is 560. The quantitative estimate of drug-likeness (QED) is 0.809. The molecule has 0 bridgehead atoms. The first kappa shape index (κ1) is 10.8. The van der Waals surface area contributed by atoms with Crippen molar-refractivity contribution < 1.29 is 0 Å². The molecule has 1 aromatic carbocycles. The molecule has 0 atom stereocenters. The van der Waals surface area contributed by atoms with E-state index < -0.39 is 0 Å². The lowest BCUT2D eigenvalue weighted by molar-refractivity contribution is 0.808. The Kier molecular flexibility index (Phi) is 3.01. The van der Waals surface area contributed by atoms with Gasteiger partial charge in [-0.1, -0.05) is 18.2 Å². The van der Waals surface area contributed by atoms with Crippen molar-refractivity contribution in [3.63, 3.8) is 0 Å². The van der Waals surface area contributed by atoms with Gasteiger partial charge < -0.3 is 10.7 Å². The fourth-order valence-corrected chi connectivity index (χ4v) is 1.85. The van der Waals surface area contributed by atoms with E-state index in [4.69, 9.17) is 5.73 Å². The minimum Gasteiger partial charge on any atom is -0.330 e. The third-order valence-electron chi connectivity index (χ3n) is 2.66. The summed E-state index contributed by atoms with van der Waals surface area (Å²) in [4.78, 5) is 18.2. The Hall–Kier alpha value is -1.68. The first-order valence-electron chi connectivity index (χ1n) is 5.41. The van der Waals surface area contributed by atoms with E-state index in [0.29, 0.717) is 6.54 Å². The number of nitrogens with zero attached hydrogens (tertiary/aromatic N) is 1. The summed E-state index contributed by atoms with van der Waals surface area (Å²) in [5, 5.41) is 1.02. The number of para-hydroxylation sites is 1. The van der Waals surface area contributed by atoms with Gasteiger partial charge in [-0.15, -0.1) is 0 Å². The van der Waals surface area contributed by atoms with Gasteiger partial charge in [-0.25, -0.2) is 4.79 Å². The Labute approximate surface area is 93.5 Å². The van der Waals surface area contributed by atoms with E-state index in [1.807, 2.05) is 25.1 Å². The summed E-state index contributed by atoms with van der Waals surface area (Å²) in [5.41, 5.74) is 7.95. The topological polar surface area (TPSA) is 71.8 Å². The van der Waals surface area contributed by atoms with Crippen molar-refractivity contribution in [1.29, 1.82) is 0 Å². The van der Waals surface area contributed by atoms with Gasteiger partial charge in [-0.2, -0.15) is 4.98 Å². The van der Waals surface area contributed by atoms with Crippen LogP contribution in [0.1, 0.15) is 17.7 Å². The first-order valence-corrected chi connectivity index (χ1v) is 5.41. The lowest BCUT2D eigenvalue weighted by Crippen LogP contribution is -2.14. The third-order valence-corrected chi connectivity index (χ3v) is 2.66. The molecule has 2 rings (SSSR count). The molecule has 0 amide bonds. The minimum absolute atomic E-state index is 0.283. The average Bonchev–Trinajstić information content (AvgIpc) is 2.27. The molecule has 0 saturated heterocycles. The lowest BCUT2D eigenvalue weighted by Gasteiger charge is -2.06. The normalized spacial score (nSPS) is 10.9. The van der Waals surface area contributed by atoms with E-state index >= 15 is 0 Å². The van der Waals surface area contributed by atoms with Crippen molar-refractivity contribution in [1.82, 2.24) is 9.97 Å². The van der Waals surface area contributed by atoms with Crippen molar-refractivity contribution in [3.8, 4) is 0 Å². The number of hydrogen-bond donors (Lipinski definition) is 2. The van der Waals surface area contributed by atoms with Crippen LogP contribution in [0.25, 0.3) is 10.9 Å². The Morgan fingerprint density at radius 3 is 3.00 bits per heavy atom. The van der Waals surface area contributed by atoms with E-state index in [1.165, 1.54) is 0 Å². The highest BCUT2D eigenvalue weighted by atomic mass is 16.1. The molecule has 0 fully saturated rings. The number of aromatic nitrogens is 2. The van der Waals surface area contributed by atoms with E-state index in [-0.39, 0.29) is 5.69 Å². The van der Waals surface area contributed by atoms with Gasteiger partial charge in [0.15, 0.2) is 0 Å². The summed E-state index contributed by atoms with van der Waals surface area (Å²) >= 11 is 0. The molecule has 0 unspecified atom stereocenters. The molecule has 0 spiro atoms. The zero-order valence-electron chi connectivity index (χ0n) is 9.29. The van der Waals surface area contributed by atoms with Gasteiger partial charge in [0.05, 0.1) is 5.52 Å². The van der Waals surface area contributed by atoms with Crippen molar-refractivity contribution in [2.24, 2.45) is 5.73 Å². The summed E-state index contributed by atoms with van der Waals surface area (Å²) in [5.74, 6) is 0. The molecule has 3 N–H and O–H groups in total. The van der Waals surface area contributed by atoms with E-state index in [0.717, 1.165) is 35.0 Å². The van der Waals surface area contributed by atoms with Gasteiger partial charge in [-0.3, -0.25) is 0 Å². The van der Waals surface area contributed by atoms with Crippen LogP contribution in [0.15, 0.2) is 23.0 Å². The molecular weight excluding hydrogens is 202 g/mol. The summed E-state index contributed by atoms with van der Waals surface area (Å²) in [6.07, 6.45) is 1.65. The number of aryl methyl sites for hydroxylation is 2. The predicted molar refractivity (Wildman–Crippen MR) is 64.5 cm³/mol. The summed E-state index contributed by atoms with van der Waals surface area (Å²) in [6.45, 7) is 2.58. The molecule has 0 aliphatic carbocycles. The second kappa shape index (κ2) is 4.45. The Balaban J connectivity index is 2.63. The van der Waals surface area contributed by atoms with Crippen LogP contribution in [0.4, 0.5) is 0 Å². The second-order valence-corrected chi connectivity index (χ2v) is 3.88. The van der Waals surface area contributed by atoms with Crippen LogP contribution < -0.4 is 11.4 Å². The standard InChI is InChI=1S/C12H15N3O/c1-8-4-2-5-9-10(6-3-7-13)14-12(16)15-11(8)9/h2,4-5H,3,6-7,13H2,1H3,(H,14,15,16). The number of fused-ring (bicyclic) bond motifs is 1. The molecule has 16 heavy (non-hydrogen) atoms. The van der Waals surface area contributed by atoms with Crippen LogP contribution in [-0.2, 0) is 6.42 Å². The molecular formula is C12H15N3O. The van der Waals surface area contributed by atoms with Crippen molar-refractivity contribution in [3.05, 3.63) is 39.9 Å². The Morgan fingerprint density at radius 1 is 1.44 bits per heavy atom. The molecule has 4 nitrogen and oxygen atoms in total. The minimum atomic E-state index is -0.283. The molecule has 1 heterocycles. The maximum Gasteiger partial charge on any atom is 0.345 e. The second-order valence-electron chi connectivity index (χ2n) is 3.88. The van der Waals surface area contributed by atoms with Gasteiger partial charge in [-0.05, 0) is 31.9 Å². The van der Waals surface area contributed by atoms with Crippen molar-refractivity contribution in [2.45, 2.75) is 19.8 Å². The Morgan fingerprint density at radius 2 is 2.25 bits per heavy atom. The smallest absolute Gasteiger partial charge is 0.330 e. The lowest BCUT2D eigenvalue weighted by atomic mass is 10.1. The molecule has 0 radical (unpaired) electrons. The van der Waals surface area contributed by atoms with Crippen LogP contribution in [0.2, 0.25) is 0 Å². The van der Waals surface area contributed by atoms with Gasteiger partial charge in [0, 0.05) is 11.1 Å². The van der Waals surface area contributed by atoms with E-state index in [1.54, 1.807) is 0 Å². The molecule has 0 aliphatic rings. The highest BCUT2D eigenvalue weighted by Gasteiger charge is 2.05. The van der Waals surface area contributed by atoms with Crippen LogP contribution in [0.3, 0.4) is 0 Å². The van der Waals surface area contributed by atoms with E-state index in [9.17, 15) is 4.79 Å². The summed E-state index contributed by atoms with van der Waals surface area (Å²) in [6, 6.07) is 5.92. The molecule has 0 aliphatic heterocycles. The monoisotopic (exact) mass is 217 g/mol. The van der Waals surface area contributed by atoms with Gasteiger partial charge >= 0.3 is 5.69 Å². The molecule has 84 valence electrons. The number of aromatic amines is 1. The molecule has 4 heteroatoms. The van der Waals surface area contributed by atoms with Crippen LogP contribution >= 0.6 is 0 Å². The maximum atomic E-state index is 11.4. The number of benzene rings is 1. The summed E-state index contributed by atoms with van der Waals surface area (Å²) in [7, 11) is 0. The fraction of sp³-hybridized carbons (Fsp3) is 0.333. The van der Waals surface area contributed by atoms with Crippen LogP contribution in [0.5, 0.6) is 0 Å². The average molecular weight is 217 g/mol. The van der Waals surface area contributed by atoms with Gasteiger partial charge in [0.2, 0.25) is 0 Å². The first-order chi connectivity index (χ1) is 7.72. The predicted octanol–water partition coefficient (Wildman–Crippen LogP) is 1.12. The van der Waals surface area contributed by atoms with Crippen molar-refractivity contribution in [2.75, 3.05) is 6.54 Å². The van der Waals surface area contributed by atoms with Crippen LogP contribution in [-0.4, -0.2) is 16.5 Å². The van der Waals surface area contributed by atoms with Gasteiger partial charge in [0.25, 0.3) is 0 Å². The molecule has 0 saturated carbocycles. The number of nitrogens with two attached hydrogens (primary N) is 1. The SMILES string of the molecule is Cc1cccc2c(CCCN)[nH]c(=O)nc12. The maximum absolute atomic E-state index is 11.4. The molecule has 1 aromatic heterocycles. The highest BCUT2D eigenvalue weighted by molar-refractivity contribution is 5.83. The number of hydrogen-bond acceptors (Lipinski definition) is 3. The molecule has 2 aromatic rings. The zero-order valence-corrected chi connectivity index (χ0v) is 9.29. The highest BCUT2D eigenvalue weighted by Crippen LogP contribution is 2.17. The fourth-order valence-electron chi connectivity index (χ4n) is 1.85. The van der Waals surface area contributed by atoms with E-state index in [2.05, 4.69) is 9.97 Å². The number of rotatable bonds is 3. The largest absolute Gasteiger partial charge is 0.345 e. The number of H-pyrrole nitrogens is 1. The number of nitrogens with one attached hydrogen (secondary N) is 1. The zero-order chi connectivity index (χ0) is 11.5. The van der Waals surface area contributed by atoms with Crippen LogP contribution in [0, 0.1) is 6.92 Å². The third kappa shape index (κ3) is 1.97. The summed E-state index contributed by atoms with van der Waals surface area (Å²) < 4.78 is 0. The van der Waals surface area contributed by atoms with Crippen molar-refractivity contribution >= 4 is 10.9 Å². The van der Waals surface area contributed by atoms with Gasteiger partial charge in [0.1, 0.15) is 0 Å².